The number of amidine groups is 1. The molecule has 10 nitrogen and oxygen atoms in total. The van der Waals surface area contributed by atoms with Crippen LogP contribution in [-0.4, -0.2) is 48.9 Å². The molecule has 0 atom stereocenters. The topological polar surface area (TPSA) is 132 Å². The van der Waals surface area contributed by atoms with E-state index in [0.29, 0.717) is 40.0 Å². The summed E-state index contributed by atoms with van der Waals surface area (Å²) in [5.74, 6) is 1.05. The van der Waals surface area contributed by atoms with Crippen LogP contribution in [0.15, 0.2) is 83.5 Å². The standard InChI is InChI=1S/C29H25N5O5/c1-36-23-15-18(16-24(37-2)25(23)38-3)26-32-22(28(35)34(26)29(30)31)14-19-13-17-9-7-8-12-21(17)33-27(19)39-20-10-5-4-6-11-20/h4-16H,1-3H3,(H3,30,31)/b22-14-. The third-order valence-corrected chi connectivity index (χ3v) is 5.99. The molecule has 1 aliphatic heterocycles. The number of benzene rings is 3. The van der Waals surface area contributed by atoms with Crippen LogP contribution in [0.5, 0.6) is 28.9 Å². The molecular formula is C29H25N5O5. The Morgan fingerprint density at radius 3 is 2.23 bits per heavy atom. The van der Waals surface area contributed by atoms with Gasteiger partial charge < -0.3 is 24.7 Å². The molecule has 1 aromatic heterocycles. The number of para-hydroxylation sites is 2. The van der Waals surface area contributed by atoms with Crippen molar-refractivity contribution in [2.24, 2.45) is 10.7 Å². The van der Waals surface area contributed by atoms with Gasteiger partial charge in [-0.25, -0.2) is 14.9 Å². The highest BCUT2D eigenvalue weighted by atomic mass is 16.5. The number of pyridine rings is 1. The first kappa shape index (κ1) is 25.3. The van der Waals surface area contributed by atoms with Crippen molar-refractivity contribution in [3.8, 4) is 28.9 Å². The third-order valence-electron chi connectivity index (χ3n) is 5.99. The highest BCUT2D eigenvalue weighted by Crippen LogP contribution is 2.39. The predicted molar refractivity (Wildman–Crippen MR) is 148 cm³/mol. The summed E-state index contributed by atoms with van der Waals surface area (Å²) in [4.78, 5) is 23.7. The molecule has 0 aliphatic carbocycles. The van der Waals surface area contributed by atoms with Crippen molar-refractivity contribution in [2.75, 3.05) is 21.3 Å². The number of aromatic nitrogens is 1. The van der Waals surface area contributed by atoms with Gasteiger partial charge in [0, 0.05) is 16.5 Å². The zero-order chi connectivity index (χ0) is 27.5. The molecule has 196 valence electrons. The molecule has 2 heterocycles. The summed E-state index contributed by atoms with van der Waals surface area (Å²) < 4.78 is 22.4. The lowest BCUT2D eigenvalue weighted by atomic mass is 10.1. The number of ether oxygens (including phenoxy) is 4. The molecule has 0 unspecified atom stereocenters. The minimum atomic E-state index is -0.579. The highest BCUT2D eigenvalue weighted by Gasteiger charge is 2.34. The fourth-order valence-electron chi connectivity index (χ4n) is 4.19. The fraction of sp³-hybridized carbons (Fsp3) is 0.103. The van der Waals surface area contributed by atoms with Crippen LogP contribution in [0, 0.1) is 5.41 Å². The first-order valence-electron chi connectivity index (χ1n) is 11.9. The molecule has 10 heteroatoms. The van der Waals surface area contributed by atoms with Crippen molar-refractivity contribution in [2.45, 2.75) is 0 Å². The molecule has 0 saturated carbocycles. The largest absolute Gasteiger partial charge is 0.493 e. The summed E-state index contributed by atoms with van der Waals surface area (Å²) in [5.41, 5.74) is 7.57. The maximum absolute atomic E-state index is 13.5. The number of amides is 1. The summed E-state index contributed by atoms with van der Waals surface area (Å²) in [6, 6.07) is 21.9. The van der Waals surface area contributed by atoms with E-state index in [4.69, 9.17) is 30.1 Å². The van der Waals surface area contributed by atoms with Crippen LogP contribution in [0.4, 0.5) is 0 Å². The van der Waals surface area contributed by atoms with Crippen LogP contribution in [0.2, 0.25) is 0 Å². The van der Waals surface area contributed by atoms with Crippen molar-refractivity contribution in [1.82, 2.24) is 9.88 Å². The molecule has 1 amide bonds. The summed E-state index contributed by atoms with van der Waals surface area (Å²) in [7, 11) is 4.46. The minimum Gasteiger partial charge on any atom is -0.493 e. The number of nitrogens with one attached hydrogen (secondary N) is 1. The van der Waals surface area contributed by atoms with Crippen LogP contribution in [0.3, 0.4) is 0 Å². The number of hydrogen-bond acceptors (Lipinski definition) is 8. The number of methoxy groups -OCH3 is 3. The number of carbonyl (C=O) groups is 1. The van der Waals surface area contributed by atoms with Crippen LogP contribution in [0.1, 0.15) is 11.1 Å². The van der Waals surface area contributed by atoms with Gasteiger partial charge in [-0.2, -0.15) is 0 Å². The van der Waals surface area contributed by atoms with Crippen LogP contribution in [0.25, 0.3) is 17.0 Å². The van der Waals surface area contributed by atoms with E-state index < -0.39 is 11.9 Å². The molecule has 0 fully saturated rings. The van der Waals surface area contributed by atoms with Crippen LogP contribution in [-0.2, 0) is 4.79 Å². The van der Waals surface area contributed by atoms with Gasteiger partial charge >= 0.3 is 0 Å². The summed E-state index contributed by atoms with van der Waals surface area (Å²) >= 11 is 0. The predicted octanol–water partition coefficient (Wildman–Crippen LogP) is 4.58. The van der Waals surface area contributed by atoms with E-state index in [-0.39, 0.29) is 11.5 Å². The van der Waals surface area contributed by atoms with Gasteiger partial charge in [0.05, 0.1) is 26.8 Å². The van der Waals surface area contributed by atoms with Gasteiger partial charge in [0.1, 0.15) is 11.4 Å². The zero-order valence-corrected chi connectivity index (χ0v) is 21.5. The van der Waals surface area contributed by atoms with Crippen molar-refractivity contribution >= 4 is 34.7 Å². The first-order valence-corrected chi connectivity index (χ1v) is 11.9. The second-order valence-electron chi connectivity index (χ2n) is 8.40. The summed E-state index contributed by atoms with van der Waals surface area (Å²) in [6.45, 7) is 0. The number of rotatable bonds is 7. The Kier molecular flexibility index (Phi) is 6.83. The molecular weight excluding hydrogens is 498 g/mol. The van der Waals surface area contributed by atoms with Gasteiger partial charge in [0.25, 0.3) is 5.91 Å². The van der Waals surface area contributed by atoms with Crippen LogP contribution < -0.4 is 24.7 Å². The number of hydrogen-bond donors (Lipinski definition) is 2. The number of nitrogens with zero attached hydrogens (tertiary/aromatic N) is 3. The van der Waals surface area contributed by atoms with Gasteiger partial charge in [0.15, 0.2) is 17.3 Å². The molecule has 0 saturated heterocycles. The average molecular weight is 524 g/mol. The Balaban J connectivity index is 1.66. The van der Waals surface area contributed by atoms with Crippen molar-refractivity contribution < 1.29 is 23.7 Å². The Hall–Kier alpha value is -5.38. The Morgan fingerprint density at radius 2 is 1.59 bits per heavy atom. The molecule has 5 rings (SSSR count). The number of carbonyl (C=O) groups excluding carboxylic acids is 1. The molecule has 39 heavy (non-hydrogen) atoms. The van der Waals surface area contributed by atoms with Crippen molar-refractivity contribution in [1.29, 1.82) is 5.41 Å². The Morgan fingerprint density at radius 1 is 0.923 bits per heavy atom. The molecule has 0 bridgehead atoms. The maximum atomic E-state index is 13.5. The second kappa shape index (κ2) is 10.5. The van der Waals surface area contributed by atoms with E-state index in [2.05, 4.69) is 9.98 Å². The zero-order valence-electron chi connectivity index (χ0n) is 21.5. The van der Waals surface area contributed by atoms with Gasteiger partial charge in [-0.15, -0.1) is 0 Å². The smallest absolute Gasteiger partial charge is 0.285 e. The Labute approximate surface area is 224 Å². The molecule has 3 N–H and O–H groups in total. The van der Waals surface area contributed by atoms with Gasteiger partial charge in [-0.1, -0.05) is 36.4 Å². The van der Waals surface area contributed by atoms with Gasteiger partial charge in [-0.05, 0) is 42.5 Å². The molecule has 0 radical (unpaired) electrons. The van der Waals surface area contributed by atoms with E-state index in [9.17, 15) is 4.79 Å². The lowest BCUT2D eigenvalue weighted by Gasteiger charge is -2.18. The highest BCUT2D eigenvalue weighted by molar-refractivity contribution is 6.27. The van der Waals surface area contributed by atoms with Crippen molar-refractivity contribution in [3.05, 3.63) is 89.6 Å². The monoisotopic (exact) mass is 523 g/mol. The number of aliphatic imine (C=N–C) groups is 1. The normalized spacial score (nSPS) is 13.9. The third kappa shape index (κ3) is 4.82. The average Bonchev–Trinajstić information content (AvgIpc) is 3.28. The summed E-state index contributed by atoms with van der Waals surface area (Å²) in [6.07, 6.45) is 1.57. The first-order chi connectivity index (χ1) is 18.9. The quantitative estimate of drug-likeness (QED) is 0.206. The molecule has 3 aromatic carbocycles. The van der Waals surface area contributed by atoms with Gasteiger partial charge in [0.2, 0.25) is 17.6 Å². The van der Waals surface area contributed by atoms with E-state index in [0.717, 1.165) is 15.8 Å². The minimum absolute atomic E-state index is 0.0453. The van der Waals surface area contributed by atoms with E-state index in [1.54, 1.807) is 18.2 Å². The number of guanidine groups is 1. The lowest BCUT2D eigenvalue weighted by molar-refractivity contribution is -0.120. The lowest BCUT2D eigenvalue weighted by Crippen LogP contribution is -2.42. The molecule has 1 aliphatic rings. The number of nitrogens with two attached hydrogens (primary N) is 1. The maximum Gasteiger partial charge on any atom is 0.285 e. The molecule has 4 aromatic rings. The van der Waals surface area contributed by atoms with Crippen molar-refractivity contribution in [3.63, 3.8) is 0 Å². The van der Waals surface area contributed by atoms with Gasteiger partial charge in [-0.3, -0.25) is 10.2 Å². The van der Waals surface area contributed by atoms with E-state index in [1.807, 2.05) is 60.7 Å². The van der Waals surface area contributed by atoms with Crippen LogP contribution >= 0.6 is 0 Å². The SMILES string of the molecule is COc1cc(C2=N/C(=C\c3cc4ccccc4nc3Oc3ccccc3)C(=O)N2C(=N)N)cc(OC)c1OC. The fourth-order valence-corrected chi connectivity index (χ4v) is 4.19. The second-order valence-corrected chi connectivity index (χ2v) is 8.40. The molecule has 0 spiro atoms. The van der Waals surface area contributed by atoms with E-state index in [1.165, 1.54) is 21.3 Å². The Bertz CT molecular complexity index is 1620. The summed E-state index contributed by atoms with van der Waals surface area (Å²) in [5, 5.41) is 8.95. The van der Waals surface area contributed by atoms with E-state index >= 15 is 0 Å². The number of fused-ring (bicyclic) bond motifs is 1.